The van der Waals surface area contributed by atoms with Gasteiger partial charge in [0.1, 0.15) is 0 Å². The summed E-state index contributed by atoms with van der Waals surface area (Å²) >= 11 is 0. The maximum absolute atomic E-state index is 9.31. The molecule has 14 heavy (non-hydrogen) atoms. The van der Waals surface area contributed by atoms with E-state index in [0.717, 1.165) is 31.1 Å². The third kappa shape index (κ3) is 1.59. The Hall–Kier alpha value is -0.770. The molecular weight excluding hydrogens is 170 g/mol. The minimum absolute atomic E-state index is 0.00308. The maximum Gasteiger partial charge on any atom is 0.0693 e. The lowest BCUT2D eigenvalue weighted by Crippen LogP contribution is -2.18. The van der Waals surface area contributed by atoms with Crippen LogP contribution in [0.1, 0.15) is 46.0 Å². The van der Waals surface area contributed by atoms with Crippen LogP contribution in [0.25, 0.3) is 0 Å². The van der Waals surface area contributed by atoms with Crippen molar-refractivity contribution in [1.82, 2.24) is 0 Å². The average Bonchev–Trinajstić information content (AvgIpc) is 2.39. The maximum atomic E-state index is 9.31. The fraction of sp³-hybridized carbons (Fsp3) is 0.769. The van der Waals surface area contributed by atoms with Gasteiger partial charge in [-0.05, 0) is 57.8 Å². The van der Waals surface area contributed by atoms with Crippen LogP contribution in [0.15, 0.2) is 11.6 Å². The van der Waals surface area contributed by atoms with Crippen LogP contribution < -0.4 is 0 Å². The standard InChI is InChI=1S/C13H19N/c1-10(2)5-6-13(9-14)7-11-3-4-12(11)8-13/h5,11-12H,3-4,6-8H2,1-2H3/t11-,12-/m0/s1. The van der Waals surface area contributed by atoms with Crippen LogP contribution in [0.3, 0.4) is 0 Å². The fourth-order valence-electron chi connectivity index (χ4n) is 2.97. The molecule has 2 rings (SSSR count). The van der Waals surface area contributed by atoms with Gasteiger partial charge in [0, 0.05) is 0 Å². The molecule has 0 N–H and O–H groups in total. The van der Waals surface area contributed by atoms with Crippen molar-refractivity contribution in [2.75, 3.05) is 0 Å². The van der Waals surface area contributed by atoms with Gasteiger partial charge in [0.25, 0.3) is 0 Å². The molecule has 76 valence electrons. The van der Waals surface area contributed by atoms with Gasteiger partial charge >= 0.3 is 0 Å². The van der Waals surface area contributed by atoms with Gasteiger partial charge in [-0.15, -0.1) is 0 Å². The minimum Gasteiger partial charge on any atom is -0.198 e. The first-order valence-corrected chi connectivity index (χ1v) is 5.70. The van der Waals surface area contributed by atoms with E-state index < -0.39 is 0 Å². The summed E-state index contributed by atoms with van der Waals surface area (Å²) in [6.45, 7) is 4.24. The molecule has 0 unspecified atom stereocenters. The molecule has 1 nitrogen and oxygen atoms in total. The molecule has 0 aromatic carbocycles. The van der Waals surface area contributed by atoms with Crippen molar-refractivity contribution in [2.45, 2.75) is 46.0 Å². The van der Waals surface area contributed by atoms with E-state index in [-0.39, 0.29) is 5.41 Å². The lowest BCUT2D eigenvalue weighted by atomic mass is 9.77. The summed E-state index contributed by atoms with van der Waals surface area (Å²) in [5.41, 5.74) is 1.35. The van der Waals surface area contributed by atoms with Gasteiger partial charge < -0.3 is 0 Å². The molecule has 0 radical (unpaired) electrons. The van der Waals surface area contributed by atoms with Crippen molar-refractivity contribution in [3.8, 4) is 6.07 Å². The average molecular weight is 189 g/mol. The molecule has 0 aromatic heterocycles. The minimum atomic E-state index is 0.00308. The first kappa shape index (κ1) is 9.77. The van der Waals surface area contributed by atoms with Crippen molar-refractivity contribution in [3.05, 3.63) is 11.6 Å². The molecule has 0 aromatic rings. The van der Waals surface area contributed by atoms with E-state index in [2.05, 4.69) is 26.0 Å². The fourth-order valence-corrected chi connectivity index (χ4v) is 2.97. The van der Waals surface area contributed by atoms with E-state index in [1.165, 1.54) is 18.4 Å². The third-order valence-corrected chi connectivity index (χ3v) is 4.02. The molecule has 0 amide bonds. The second-order valence-electron chi connectivity index (χ2n) is 5.38. The Balaban J connectivity index is 2.05. The monoisotopic (exact) mass is 189 g/mol. The lowest BCUT2D eigenvalue weighted by molar-refractivity contribution is 0.219. The molecule has 2 saturated carbocycles. The summed E-state index contributed by atoms with van der Waals surface area (Å²) in [7, 11) is 0. The van der Waals surface area contributed by atoms with Gasteiger partial charge in [-0.2, -0.15) is 5.26 Å². The Kier molecular flexibility index (Phi) is 2.39. The molecule has 0 saturated heterocycles. The van der Waals surface area contributed by atoms with Gasteiger partial charge in [0.15, 0.2) is 0 Å². The Bertz CT molecular complexity index is 279. The van der Waals surface area contributed by atoms with E-state index in [9.17, 15) is 5.26 Å². The van der Waals surface area contributed by atoms with E-state index in [0.29, 0.717) is 0 Å². The number of hydrogen-bond donors (Lipinski definition) is 0. The Morgan fingerprint density at radius 2 is 1.93 bits per heavy atom. The Morgan fingerprint density at radius 1 is 1.36 bits per heavy atom. The summed E-state index contributed by atoms with van der Waals surface area (Å²) in [5, 5.41) is 9.31. The van der Waals surface area contributed by atoms with Crippen molar-refractivity contribution >= 4 is 0 Å². The molecule has 0 spiro atoms. The summed E-state index contributed by atoms with van der Waals surface area (Å²) < 4.78 is 0. The van der Waals surface area contributed by atoms with Gasteiger partial charge in [-0.25, -0.2) is 0 Å². The molecular formula is C13H19N. The predicted octanol–water partition coefficient (Wildman–Crippen LogP) is 3.67. The number of hydrogen-bond acceptors (Lipinski definition) is 1. The molecule has 2 fully saturated rings. The van der Waals surface area contributed by atoms with Gasteiger partial charge in [-0.1, -0.05) is 11.6 Å². The highest BCUT2D eigenvalue weighted by atomic mass is 14.5. The van der Waals surface area contributed by atoms with Crippen molar-refractivity contribution in [2.24, 2.45) is 17.3 Å². The normalized spacial score (nSPS) is 32.6. The van der Waals surface area contributed by atoms with Crippen LogP contribution in [0.5, 0.6) is 0 Å². The Labute approximate surface area is 86.8 Å². The van der Waals surface area contributed by atoms with Crippen molar-refractivity contribution < 1.29 is 0 Å². The highest BCUT2D eigenvalue weighted by Gasteiger charge is 2.48. The van der Waals surface area contributed by atoms with Gasteiger partial charge in [0.05, 0.1) is 11.5 Å². The van der Waals surface area contributed by atoms with E-state index >= 15 is 0 Å². The van der Waals surface area contributed by atoms with Crippen molar-refractivity contribution in [3.63, 3.8) is 0 Å². The van der Waals surface area contributed by atoms with Crippen LogP contribution in [0.4, 0.5) is 0 Å². The van der Waals surface area contributed by atoms with Crippen molar-refractivity contribution in [1.29, 1.82) is 5.26 Å². The third-order valence-electron chi connectivity index (χ3n) is 4.02. The van der Waals surface area contributed by atoms with Crippen LogP contribution in [0.2, 0.25) is 0 Å². The summed E-state index contributed by atoms with van der Waals surface area (Å²) in [6.07, 6.45) is 8.31. The zero-order valence-electron chi connectivity index (χ0n) is 9.21. The molecule has 1 heteroatoms. The molecule has 0 heterocycles. The predicted molar refractivity (Wildman–Crippen MR) is 57.5 cm³/mol. The summed E-state index contributed by atoms with van der Waals surface area (Å²) in [5.74, 6) is 1.78. The SMILES string of the molecule is CC(C)=CCC1(C#N)C[C@@H]2CC[C@H]2C1. The highest BCUT2D eigenvalue weighted by molar-refractivity contribution is 5.13. The topological polar surface area (TPSA) is 23.8 Å². The quantitative estimate of drug-likeness (QED) is 0.608. The van der Waals surface area contributed by atoms with E-state index in [1.807, 2.05) is 0 Å². The number of fused-ring (bicyclic) bond motifs is 1. The largest absolute Gasteiger partial charge is 0.198 e. The van der Waals surface area contributed by atoms with Gasteiger partial charge in [0.2, 0.25) is 0 Å². The highest BCUT2D eigenvalue weighted by Crippen LogP contribution is 2.56. The van der Waals surface area contributed by atoms with E-state index in [4.69, 9.17) is 0 Å². The summed E-state index contributed by atoms with van der Waals surface area (Å²) in [6, 6.07) is 2.59. The number of rotatable bonds is 2. The summed E-state index contributed by atoms with van der Waals surface area (Å²) in [4.78, 5) is 0. The van der Waals surface area contributed by atoms with Crippen LogP contribution in [0, 0.1) is 28.6 Å². The number of nitriles is 1. The molecule has 2 aliphatic carbocycles. The van der Waals surface area contributed by atoms with Crippen LogP contribution in [-0.2, 0) is 0 Å². The first-order chi connectivity index (χ1) is 6.65. The Morgan fingerprint density at radius 3 is 2.29 bits per heavy atom. The molecule has 2 aliphatic rings. The zero-order valence-corrected chi connectivity index (χ0v) is 9.21. The van der Waals surface area contributed by atoms with E-state index in [1.54, 1.807) is 0 Å². The molecule has 0 aliphatic heterocycles. The van der Waals surface area contributed by atoms with Crippen LogP contribution in [-0.4, -0.2) is 0 Å². The second-order valence-corrected chi connectivity index (χ2v) is 5.38. The molecule has 2 atom stereocenters. The first-order valence-electron chi connectivity index (χ1n) is 5.70. The second kappa shape index (κ2) is 3.42. The number of allylic oxidation sites excluding steroid dienone is 2. The van der Waals surface area contributed by atoms with Gasteiger partial charge in [-0.3, -0.25) is 0 Å². The number of nitrogens with zero attached hydrogens (tertiary/aromatic N) is 1. The zero-order chi connectivity index (χ0) is 10.2. The molecule has 0 bridgehead atoms. The van der Waals surface area contributed by atoms with Crippen LogP contribution >= 0.6 is 0 Å². The lowest BCUT2D eigenvalue weighted by Gasteiger charge is -2.29. The smallest absolute Gasteiger partial charge is 0.0693 e.